The minimum absolute atomic E-state index is 0.107. The van der Waals surface area contributed by atoms with Gasteiger partial charge in [0.05, 0.1) is 6.04 Å². The van der Waals surface area contributed by atoms with Gasteiger partial charge in [0.15, 0.2) is 0 Å². The summed E-state index contributed by atoms with van der Waals surface area (Å²) in [6.07, 6.45) is 1.22. The number of fused-ring (bicyclic) bond motifs is 2. The predicted molar refractivity (Wildman–Crippen MR) is 66.3 cm³/mol. The Morgan fingerprint density at radius 3 is 2.86 bits per heavy atom. The van der Waals surface area contributed by atoms with Crippen LogP contribution in [0.15, 0.2) is 4.42 Å². The Balaban J connectivity index is 1.80. The maximum atomic E-state index is 12.2. The highest BCUT2D eigenvalue weighted by Crippen LogP contribution is 2.38. The SMILES string of the molecule is O=CNc1nnc(C2CC[C@@H]3CN2C(=O)N3OS(=O)(=O)O)o1. The van der Waals surface area contributed by atoms with Gasteiger partial charge in [0.2, 0.25) is 12.3 Å². The molecule has 0 saturated carbocycles. The van der Waals surface area contributed by atoms with Gasteiger partial charge in [-0.15, -0.1) is 9.38 Å². The van der Waals surface area contributed by atoms with E-state index in [1.54, 1.807) is 0 Å². The number of amides is 3. The fourth-order valence-corrected chi connectivity index (χ4v) is 2.95. The van der Waals surface area contributed by atoms with Crippen molar-refractivity contribution in [3.8, 4) is 0 Å². The van der Waals surface area contributed by atoms with Crippen molar-refractivity contribution in [1.82, 2.24) is 20.2 Å². The van der Waals surface area contributed by atoms with Crippen LogP contribution in [0.1, 0.15) is 24.8 Å². The van der Waals surface area contributed by atoms with Gasteiger partial charge in [-0.05, 0) is 12.8 Å². The maximum absolute atomic E-state index is 12.2. The van der Waals surface area contributed by atoms with Crippen LogP contribution in [0.2, 0.25) is 0 Å². The van der Waals surface area contributed by atoms with Crippen LogP contribution in [0, 0.1) is 0 Å². The normalized spacial score (nSPS) is 24.7. The minimum atomic E-state index is -4.79. The lowest BCUT2D eigenvalue weighted by molar-refractivity contribution is -0.105. The number of carbonyl (C=O) groups excluding carboxylic acids is 2. The number of aromatic nitrogens is 2. The van der Waals surface area contributed by atoms with Gasteiger partial charge in [0.25, 0.3) is 0 Å². The zero-order valence-corrected chi connectivity index (χ0v) is 11.8. The van der Waals surface area contributed by atoms with Crippen molar-refractivity contribution in [2.75, 3.05) is 11.9 Å². The molecule has 2 N–H and O–H groups in total. The Kier molecular flexibility index (Phi) is 3.46. The van der Waals surface area contributed by atoms with Gasteiger partial charge >= 0.3 is 22.4 Å². The van der Waals surface area contributed by atoms with Crippen LogP contribution in [-0.2, 0) is 19.5 Å². The molecule has 0 spiro atoms. The van der Waals surface area contributed by atoms with Gasteiger partial charge in [-0.25, -0.2) is 4.79 Å². The van der Waals surface area contributed by atoms with E-state index in [-0.39, 0.29) is 18.5 Å². The van der Waals surface area contributed by atoms with E-state index < -0.39 is 28.5 Å². The van der Waals surface area contributed by atoms with Crippen LogP contribution in [0.5, 0.6) is 0 Å². The van der Waals surface area contributed by atoms with Gasteiger partial charge in [-0.1, -0.05) is 5.10 Å². The van der Waals surface area contributed by atoms with Gasteiger partial charge in [-0.2, -0.15) is 13.5 Å². The highest BCUT2D eigenvalue weighted by molar-refractivity contribution is 7.80. The Labute approximate surface area is 123 Å². The summed E-state index contributed by atoms with van der Waals surface area (Å²) in [5.41, 5.74) is 0. The highest BCUT2D eigenvalue weighted by Gasteiger charge is 2.49. The van der Waals surface area contributed by atoms with Crippen molar-refractivity contribution < 1.29 is 31.3 Å². The van der Waals surface area contributed by atoms with E-state index in [0.29, 0.717) is 24.3 Å². The fraction of sp³-hybridized carbons (Fsp3) is 0.556. The number of hydroxylamine groups is 2. The smallest absolute Gasteiger partial charge is 0.406 e. The van der Waals surface area contributed by atoms with Crippen LogP contribution >= 0.6 is 0 Å². The molecule has 2 aliphatic heterocycles. The van der Waals surface area contributed by atoms with Crippen molar-refractivity contribution >= 4 is 28.9 Å². The highest BCUT2D eigenvalue weighted by atomic mass is 32.3. The van der Waals surface area contributed by atoms with Gasteiger partial charge in [0, 0.05) is 6.54 Å². The number of nitrogens with one attached hydrogen (secondary N) is 1. The first kappa shape index (κ1) is 14.7. The molecular formula is C9H11N5O7S. The summed E-state index contributed by atoms with van der Waals surface area (Å²) >= 11 is 0. The monoisotopic (exact) mass is 333 g/mol. The first-order chi connectivity index (χ1) is 10.4. The molecule has 120 valence electrons. The third kappa shape index (κ3) is 2.60. The lowest BCUT2D eigenvalue weighted by atomic mass is 10.0. The van der Waals surface area contributed by atoms with Crippen molar-refractivity contribution in [2.45, 2.75) is 24.9 Å². The second-order valence-electron chi connectivity index (χ2n) is 4.72. The number of anilines is 1. The standard InChI is InChI=1S/C9H11N5O7S/c15-4-10-8-12-11-7(20-8)6-2-1-5-3-13(6)9(16)14(5)21-22(17,18)19/h4-6H,1-3H2,(H,10,12,15)(H,17,18,19)/t5-,6?/m1/s1. The summed E-state index contributed by atoms with van der Waals surface area (Å²) in [7, 11) is -4.79. The zero-order valence-electron chi connectivity index (χ0n) is 10.9. The van der Waals surface area contributed by atoms with Crippen molar-refractivity contribution in [3.63, 3.8) is 0 Å². The zero-order chi connectivity index (χ0) is 15.9. The first-order valence-corrected chi connectivity index (χ1v) is 7.56. The van der Waals surface area contributed by atoms with E-state index in [9.17, 15) is 18.0 Å². The lowest BCUT2D eigenvalue weighted by Crippen LogP contribution is -2.35. The van der Waals surface area contributed by atoms with E-state index in [0.717, 1.165) is 0 Å². The van der Waals surface area contributed by atoms with Crippen molar-refractivity contribution in [2.24, 2.45) is 0 Å². The van der Waals surface area contributed by atoms with E-state index in [2.05, 4.69) is 19.8 Å². The molecular weight excluding hydrogens is 322 g/mol. The molecule has 2 aliphatic rings. The van der Waals surface area contributed by atoms with Crippen LogP contribution in [0.25, 0.3) is 0 Å². The molecule has 0 aliphatic carbocycles. The van der Waals surface area contributed by atoms with Crippen LogP contribution < -0.4 is 5.32 Å². The second kappa shape index (κ2) is 5.19. The number of urea groups is 1. The van der Waals surface area contributed by atoms with Gasteiger partial charge in [0.1, 0.15) is 6.04 Å². The summed E-state index contributed by atoms with van der Waals surface area (Å²) in [5.74, 6) is 0.116. The van der Waals surface area contributed by atoms with E-state index in [1.807, 2.05) is 0 Å². The van der Waals surface area contributed by atoms with Gasteiger partial charge < -0.3 is 9.32 Å². The largest absolute Gasteiger partial charge is 0.418 e. The molecule has 2 atom stereocenters. The molecule has 0 radical (unpaired) electrons. The topological polar surface area (TPSA) is 155 Å². The first-order valence-electron chi connectivity index (χ1n) is 6.19. The maximum Gasteiger partial charge on any atom is 0.418 e. The molecule has 3 amide bonds. The average molecular weight is 333 g/mol. The number of piperidine rings is 1. The third-order valence-corrected chi connectivity index (χ3v) is 3.75. The Hall–Kier alpha value is -2.25. The van der Waals surface area contributed by atoms with E-state index >= 15 is 0 Å². The molecule has 1 unspecified atom stereocenters. The predicted octanol–water partition coefficient (Wildman–Crippen LogP) is -0.687. The molecule has 1 aromatic rings. The van der Waals surface area contributed by atoms with E-state index in [4.69, 9.17) is 8.97 Å². The van der Waals surface area contributed by atoms with Crippen LogP contribution in [0.3, 0.4) is 0 Å². The molecule has 0 aromatic carbocycles. The molecule has 2 fully saturated rings. The number of hydrogen-bond donors (Lipinski definition) is 2. The van der Waals surface area contributed by atoms with Crippen LogP contribution in [-0.4, -0.2) is 58.2 Å². The summed E-state index contributed by atoms with van der Waals surface area (Å²) in [6, 6.07) is -1.90. The molecule has 22 heavy (non-hydrogen) atoms. The Morgan fingerprint density at radius 2 is 2.18 bits per heavy atom. The fourth-order valence-electron chi connectivity index (χ4n) is 2.57. The van der Waals surface area contributed by atoms with Crippen molar-refractivity contribution in [3.05, 3.63) is 5.89 Å². The molecule has 3 heterocycles. The quantitative estimate of drug-likeness (QED) is 0.526. The Morgan fingerprint density at radius 1 is 1.41 bits per heavy atom. The Bertz CT molecular complexity index is 703. The third-order valence-electron chi connectivity index (χ3n) is 3.41. The number of hydrogen-bond acceptors (Lipinski definition) is 8. The summed E-state index contributed by atoms with van der Waals surface area (Å²) in [5, 5.41) is 10.2. The summed E-state index contributed by atoms with van der Waals surface area (Å²) < 4.78 is 39.8. The van der Waals surface area contributed by atoms with E-state index in [1.165, 1.54) is 4.90 Å². The average Bonchev–Trinajstić information content (AvgIpc) is 2.99. The summed E-state index contributed by atoms with van der Waals surface area (Å²) in [4.78, 5) is 23.8. The number of nitrogens with zero attached hydrogens (tertiary/aromatic N) is 4. The van der Waals surface area contributed by atoms with Crippen molar-refractivity contribution in [1.29, 1.82) is 0 Å². The van der Waals surface area contributed by atoms with Crippen LogP contribution in [0.4, 0.5) is 10.8 Å². The molecule has 2 saturated heterocycles. The number of rotatable bonds is 5. The molecule has 1 aromatic heterocycles. The summed E-state index contributed by atoms with van der Waals surface area (Å²) in [6.45, 7) is 0.192. The lowest BCUT2D eigenvalue weighted by Gasteiger charge is -2.27. The second-order valence-corrected chi connectivity index (χ2v) is 5.72. The molecule has 13 heteroatoms. The molecule has 12 nitrogen and oxygen atoms in total. The molecule has 3 rings (SSSR count). The van der Waals surface area contributed by atoms with Gasteiger partial charge in [-0.3, -0.25) is 14.7 Å². The molecule has 2 bridgehead atoms. The number of carbonyl (C=O) groups is 2. The minimum Gasteiger partial charge on any atom is -0.406 e.